The predicted molar refractivity (Wildman–Crippen MR) is 115 cm³/mol. The van der Waals surface area contributed by atoms with Gasteiger partial charge in [0.2, 0.25) is 0 Å². The Balaban J connectivity index is 1.54. The van der Waals surface area contributed by atoms with Crippen LogP contribution in [0, 0.1) is 11.3 Å². The van der Waals surface area contributed by atoms with Crippen LogP contribution in [0.25, 0.3) is 11.3 Å². The number of amides is 1. The van der Waals surface area contributed by atoms with Crippen molar-refractivity contribution >= 4 is 34.9 Å². The van der Waals surface area contributed by atoms with E-state index in [1.54, 1.807) is 12.1 Å². The Hall–Kier alpha value is -3.47. The number of benzene rings is 3. The zero-order valence-corrected chi connectivity index (χ0v) is 16.7. The third-order valence-corrected chi connectivity index (χ3v) is 5.81. The number of carbonyl (C=O) groups is 1. The Bertz CT molecular complexity index is 1180. The van der Waals surface area contributed by atoms with Gasteiger partial charge in [-0.2, -0.15) is 5.26 Å². The molecule has 4 rings (SSSR count). The summed E-state index contributed by atoms with van der Waals surface area (Å²) >= 11 is 2.71. The molecule has 1 N–H and O–H groups in total. The standard InChI is InChI=1S/C22H14N4OS2/c23-13-16-5-1-3-7-20(16)29-21-8-4-2-6-18(21)22(27)24-17-11-9-15(10-12-17)19-14-28-26-25-19/h1-12,14H,(H,24,27). The van der Waals surface area contributed by atoms with E-state index in [4.69, 9.17) is 0 Å². The molecular formula is C22H14N4OS2. The SMILES string of the molecule is N#Cc1ccccc1Sc1ccccc1C(=O)Nc1ccc(-c2csnn2)cc1. The van der Waals surface area contributed by atoms with Crippen LogP contribution in [-0.2, 0) is 0 Å². The molecular weight excluding hydrogens is 400 g/mol. The number of aromatic nitrogens is 2. The van der Waals surface area contributed by atoms with E-state index in [2.05, 4.69) is 21.0 Å². The van der Waals surface area contributed by atoms with E-state index in [1.165, 1.54) is 23.3 Å². The number of rotatable bonds is 5. The van der Waals surface area contributed by atoms with Gasteiger partial charge >= 0.3 is 0 Å². The third kappa shape index (κ3) is 4.35. The number of nitrogens with zero attached hydrogens (tertiary/aromatic N) is 3. The second-order valence-corrected chi connectivity index (χ2v) is 7.72. The Kier molecular flexibility index (Phi) is 5.66. The minimum atomic E-state index is -0.203. The summed E-state index contributed by atoms with van der Waals surface area (Å²) in [6.07, 6.45) is 0. The van der Waals surface area contributed by atoms with Gasteiger partial charge in [-0.05, 0) is 47.9 Å². The zero-order chi connectivity index (χ0) is 20.1. The molecule has 0 atom stereocenters. The Morgan fingerprint density at radius 2 is 1.69 bits per heavy atom. The van der Waals surface area contributed by atoms with Gasteiger partial charge in [-0.15, -0.1) is 5.10 Å². The number of anilines is 1. The first kappa shape index (κ1) is 18.9. The molecule has 0 unspecified atom stereocenters. The number of hydrogen-bond acceptors (Lipinski definition) is 6. The second kappa shape index (κ2) is 8.69. The molecule has 0 aliphatic rings. The van der Waals surface area contributed by atoms with Gasteiger partial charge in [-0.3, -0.25) is 4.79 Å². The minimum absolute atomic E-state index is 0.203. The van der Waals surface area contributed by atoms with Crippen LogP contribution in [0.4, 0.5) is 5.69 Å². The summed E-state index contributed by atoms with van der Waals surface area (Å²) in [6, 6.07) is 24.4. The van der Waals surface area contributed by atoms with E-state index in [9.17, 15) is 10.1 Å². The van der Waals surface area contributed by atoms with Gasteiger partial charge in [-0.25, -0.2) is 0 Å². The van der Waals surface area contributed by atoms with E-state index < -0.39 is 0 Å². The fraction of sp³-hybridized carbons (Fsp3) is 0. The van der Waals surface area contributed by atoms with Crippen LogP contribution in [-0.4, -0.2) is 15.5 Å². The van der Waals surface area contributed by atoms with Crippen LogP contribution in [0.15, 0.2) is 88.0 Å². The van der Waals surface area contributed by atoms with Crippen LogP contribution in [0.2, 0.25) is 0 Å². The quantitative estimate of drug-likeness (QED) is 0.468. The van der Waals surface area contributed by atoms with Crippen molar-refractivity contribution in [1.29, 1.82) is 5.26 Å². The highest BCUT2D eigenvalue weighted by molar-refractivity contribution is 7.99. The van der Waals surface area contributed by atoms with Crippen molar-refractivity contribution in [2.75, 3.05) is 5.32 Å². The highest BCUT2D eigenvalue weighted by Gasteiger charge is 2.14. The predicted octanol–water partition coefficient (Wildman–Crippen LogP) is 5.48. The fourth-order valence-electron chi connectivity index (χ4n) is 2.72. The Morgan fingerprint density at radius 3 is 2.41 bits per heavy atom. The molecule has 0 fully saturated rings. The first-order valence-corrected chi connectivity index (χ1v) is 10.3. The molecule has 140 valence electrons. The molecule has 0 saturated carbocycles. The lowest BCUT2D eigenvalue weighted by Gasteiger charge is -2.11. The van der Waals surface area contributed by atoms with Crippen molar-refractivity contribution < 1.29 is 4.79 Å². The van der Waals surface area contributed by atoms with Crippen molar-refractivity contribution in [2.24, 2.45) is 0 Å². The summed E-state index contributed by atoms with van der Waals surface area (Å²) in [5.74, 6) is -0.203. The van der Waals surface area contributed by atoms with Gasteiger partial charge in [0.15, 0.2) is 0 Å². The lowest BCUT2D eigenvalue weighted by molar-refractivity contribution is 0.102. The van der Waals surface area contributed by atoms with Crippen molar-refractivity contribution in [1.82, 2.24) is 9.59 Å². The lowest BCUT2D eigenvalue weighted by atomic mass is 10.1. The van der Waals surface area contributed by atoms with Crippen LogP contribution < -0.4 is 5.32 Å². The number of carbonyl (C=O) groups excluding carboxylic acids is 1. The van der Waals surface area contributed by atoms with Gasteiger partial charge < -0.3 is 5.32 Å². The Labute approximate surface area is 176 Å². The molecule has 1 amide bonds. The maximum atomic E-state index is 12.9. The molecule has 0 saturated heterocycles. The van der Waals surface area contributed by atoms with Crippen molar-refractivity contribution in [3.05, 3.63) is 89.3 Å². The monoisotopic (exact) mass is 414 g/mol. The summed E-state index contributed by atoms with van der Waals surface area (Å²) in [7, 11) is 0. The van der Waals surface area contributed by atoms with Gasteiger partial charge in [0, 0.05) is 26.4 Å². The van der Waals surface area contributed by atoms with Crippen molar-refractivity contribution in [3.63, 3.8) is 0 Å². The van der Waals surface area contributed by atoms with E-state index >= 15 is 0 Å². The van der Waals surface area contributed by atoms with Gasteiger partial charge in [0.1, 0.15) is 11.8 Å². The molecule has 0 radical (unpaired) electrons. The summed E-state index contributed by atoms with van der Waals surface area (Å²) in [6.45, 7) is 0. The summed E-state index contributed by atoms with van der Waals surface area (Å²) in [4.78, 5) is 14.5. The third-order valence-electron chi connectivity index (χ3n) is 4.16. The molecule has 3 aromatic carbocycles. The van der Waals surface area contributed by atoms with E-state index in [0.29, 0.717) is 16.8 Å². The largest absolute Gasteiger partial charge is 0.322 e. The van der Waals surface area contributed by atoms with Crippen LogP contribution in [0.3, 0.4) is 0 Å². The highest BCUT2D eigenvalue weighted by atomic mass is 32.2. The molecule has 5 nitrogen and oxygen atoms in total. The average molecular weight is 415 g/mol. The smallest absolute Gasteiger partial charge is 0.256 e. The van der Waals surface area contributed by atoms with Crippen molar-refractivity contribution in [3.8, 4) is 17.3 Å². The molecule has 0 aliphatic heterocycles. The molecule has 1 heterocycles. The van der Waals surface area contributed by atoms with E-state index in [0.717, 1.165) is 21.0 Å². The molecule has 0 aliphatic carbocycles. The summed E-state index contributed by atoms with van der Waals surface area (Å²) in [5, 5.41) is 18.2. The van der Waals surface area contributed by atoms with Crippen molar-refractivity contribution in [2.45, 2.75) is 9.79 Å². The molecule has 1 aromatic heterocycles. The zero-order valence-electron chi connectivity index (χ0n) is 15.1. The summed E-state index contributed by atoms with van der Waals surface area (Å²) < 4.78 is 3.86. The normalized spacial score (nSPS) is 10.3. The Morgan fingerprint density at radius 1 is 0.966 bits per heavy atom. The van der Waals surface area contributed by atoms with Gasteiger partial charge in [-0.1, -0.05) is 52.6 Å². The molecule has 0 spiro atoms. The second-order valence-electron chi connectivity index (χ2n) is 6.03. The fourth-order valence-corrected chi connectivity index (χ4v) is 4.21. The lowest BCUT2D eigenvalue weighted by Crippen LogP contribution is -2.12. The van der Waals surface area contributed by atoms with Crippen LogP contribution >= 0.6 is 23.3 Å². The number of nitriles is 1. The molecule has 4 aromatic rings. The molecule has 7 heteroatoms. The average Bonchev–Trinajstić information content (AvgIpc) is 3.30. The van der Waals surface area contributed by atoms with Gasteiger partial charge in [0.05, 0.1) is 11.1 Å². The van der Waals surface area contributed by atoms with Crippen LogP contribution in [0.1, 0.15) is 15.9 Å². The molecule has 29 heavy (non-hydrogen) atoms. The van der Waals surface area contributed by atoms with E-state index in [1.807, 2.05) is 66.0 Å². The number of hydrogen-bond donors (Lipinski definition) is 1. The van der Waals surface area contributed by atoms with Gasteiger partial charge in [0.25, 0.3) is 5.91 Å². The molecule has 0 bridgehead atoms. The van der Waals surface area contributed by atoms with Crippen LogP contribution in [0.5, 0.6) is 0 Å². The topological polar surface area (TPSA) is 78.7 Å². The van der Waals surface area contributed by atoms with E-state index in [-0.39, 0.29) is 5.91 Å². The highest BCUT2D eigenvalue weighted by Crippen LogP contribution is 2.33. The number of nitrogens with one attached hydrogen (secondary N) is 1. The first-order valence-electron chi connectivity index (χ1n) is 8.69. The first-order chi connectivity index (χ1) is 14.2. The summed E-state index contributed by atoms with van der Waals surface area (Å²) in [5.41, 5.74) is 3.59. The minimum Gasteiger partial charge on any atom is -0.322 e. The maximum Gasteiger partial charge on any atom is 0.256 e. The maximum absolute atomic E-state index is 12.9.